The van der Waals surface area contributed by atoms with E-state index in [0.717, 1.165) is 22.6 Å². The van der Waals surface area contributed by atoms with Crippen molar-refractivity contribution in [2.24, 2.45) is 0 Å². The van der Waals surface area contributed by atoms with E-state index in [1.54, 1.807) is 24.3 Å². The number of benzene rings is 4. The van der Waals surface area contributed by atoms with Crippen molar-refractivity contribution < 1.29 is 14.3 Å². The predicted molar refractivity (Wildman–Crippen MR) is 144 cm³/mol. The highest BCUT2D eigenvalue weighted by Gasteiger charge is 2.06. The fourth-order valence-corrected chi connectivity index (χ4v) is 3.56. The van der Waals surface area contributed by atoms with Crippen LogP contribution in [0.2, 0.25) is 0 Å². The standard InChI is InChI=1S/C30H29N3O3/c34-29(20-11-23-7-3-1-4-8-23)32-26-12-14-27(15-13-26)33-30(35)21-31-25-16-18-28(19-17-25)36-22-24-9-5-2-6-10-24/h1-10,12-19,31H,11,20-22H2,(H,32,34)(H,33,35). The predicted octanol–water partition coefficient (Wildman–Crippen LogP) is 5.89. The van der Waals surface area contributed by atoms with Crippen molar-refractivity contribution >= 4 is 28.9 Å². The zero-order chi connectivity index (χ0) is 25.0. The summed E-state index contributed by atoms with van der Waals surface area (Å²) < 4.78 is 5.79. The lowest BCUT2D eigenvalue weighted by Crippen LogP contribution is -2.21. The van der Waals surface area contributed by atoms with Crippen LogP contribution < -0.4 is 20.7 Å². The number of aryl methyl sites for hydroxylation is 1. The third-order valence-electron chi connectivity index (χ3n) is 5.49. The van der Waals surface area contributed by atoms with Crippen LogP contribution in [0.5, 0.6) is 5.75 Å². The van der Waals surface area contributed by atoms with Crippen LogP contribution in [0, 0.1) is 0 Å². The third-order valence-corrected chi connectivity index (χ3v) is 5.49. The van der Waals surface area contributed by atoms with Crippen LogP contribution in [0.4, 0.5) is 17.1 Å². The summed E-state index contributed by atoms with van der Waals surface area (Å²) in [5, 5.41) is 8.84. The minimum atomic E-state index is -0.168. The molecule has 0 aliphatic rings. The number of carbonyl (C=O) groups is 2. The van der Waals surface area contributed by atoms with Crippen LogP contribution in [0.25, 0.3) is 0 Å². The molecule has 0 fully saturated rings. The highest BCUT2D eigenvalue weighted by molar-refractivity contribution is 5.94. The summed E-state index contributed by atoms with van der Waals surface area (Å²) in [6, 6.07) is 34.5. The molecule has 0 aliphatic carbocycles. The summed E-state index contributed by atoms with van der Waals surface area (Å²) >= 11 is 0. The molecule has 0 aliphatic heterocycles. The molecule has 0 radical (unpaired) electrons. The summed E-state index contributed by atoms with van der Waals surface area (Å²) in [5.74, 6) is 0.552. The van der Waals surface area contributed by atoms with E-state index in [1.165, 1.54) is 0 Å². The van der Waals surface area contributed by atoms with Crippen molar-refractivity contribution in [3.8, 4) is 5.75 Å². The van der Waals surface area contributed by atoms with E-state index in [4.69, 9.17) is 4.74 Å². The third kappa shape index (κ3) is 8.02. The van der Waals surface area contributed by atoms with Gasteiger partial charge in [0.25, 0.3) is 0 Å². The molecule has 6 heteroatoms. The lowest BCUT2D eigenvalue weighted by atomic mass is 10.1. The van der Waals surface area contributed by atoms with Gasteiger partial charge in [-0.3, -0.25) is 9.59 Å². The maximum absolute atomic E-state index is 12.3. The average Bonchev–Trinajstić information content (AvgIpc) is 2.92. The molecule has 0 atom stereocenters. The van der Waals surface area contributed by atoms with Crippen molar-refractivity contribution in [2.45, 2.75) is 19.4 Å². The van der Waals surface area contributed by atoms with Gasteiger partial charge in [0.15, 0.2) is 0 Å². The van der Waals surface area contributed by atoms with Crippen LogP contribution >= 0.6 is 0 Å². The SMILES string of the molecule is O=C(CCc1ccccc1)Nc1ccc(NC(=O)CNc2ccc(OCc3ccccc3)cc2)cc1. The van der Waals surface area contributed by atoms with E-state index in [-0.39, 0.29) is 18.4 Å². The van der Waals surface area contributed by atoms with Crippen LogP contribution in [0.3, 0.4) is 0 Å². The average molecular weight is 480 g/mol. The number of nitrogens with one attached hydrogen (secondary N) is 3. The molecule has 4 aromatic rings. The van der Waals surface area contributed by atoms with E-state index in [9.17, 15) is 9.59 Å². The van der Waals surface area contributed by atoms with Gasteiger partial charge >= 0.3 is 0 Å². The smallest absolute Gasteiger partial charge is 0.243 e. The quantitative estimate of drug-likeness (QED) is 0.251. The van der Waals surface area contributed by atoms with Gasteiger partial charge < -0.3 is 20.7 Å². The van der Waals surface area contributed by atoms with Crippen molar-refractivity contribution in [2.75, 3.05) is 22.5 Å². The fraction of sp³-hybridized carbons (Fsp3) is 0.133. The van der Waals surface area contributed by atoms with Crippen LogP contribution in [-0.2, 0) is 22.6 Å². The number of rotatable bonds is 11. The minimum Gasteiger partial charge on any atom is -0.489 e. The Bertz CT molecular complexity index is 1240. The molecule has 6 nitrogen and oxygen atoms in total. The Morgan fingerprint density at radius 1 is 0.583 bits per heavy atom. The first-order chi connectivity index (χ1) is 17.6. The molecule has 4 aromatic carbocycles. The number of anilines is 3. The lowest BCUT2D eigenvalue weighted by Gasteiger charge is -2.10. The van der Waals surface area contributed by atoms with Gasteiger partial charge in [-0.2, -0.15) is 0 Å². The van der Waals surface area contributed by atoms with E-state index in [2.05, 4.69) is 16.0 Å². The Kier molecular flexibility index (Phi) is 8.70. The molecule has 0 spiro atoms. The zero-order valence-electron chi connectivity index (χ0n) is 19.9. The fourth-order valence-electron chi connectivity index (χ4n) is 3.56. The first-order valence-corrected chi connectivity index (χ1v) is 11.9. The number of amides is 2. The molecule has 3 N–H and O–H groups in total. The van der Waals surface area contributed by atoms with Gasteiger partial charge in [-0.05, 0) is 66.1 Å². The molecule has 0 aromatic heterocycles. The Hall–Kier alpha value is -4.58. The molecule has 2 amide bonds. The van der Waals surface area contributed by atoms with E-state index in [0.29, 0.717) is 30.8 Å². The van der Waals surface area contributed by atoms with Crippen molar-refractivity contribution in [3.63, 3.8) is 0 Å². The Balaban J connectivity index is 1.16. The second kappa shape index (κ2) is 12.8. The molecule has 0 saturated heterocycles. The van der Waals surface area contributed by atoms with Crippen LogP contribution in [0.15, 0.2) is 109 Å². The van der Waals surface area contributed by atoms with Gasteiger partial charge in [0.1, 0.15) is 12.4 Å². The summed E-state index contributed by atoms with van der Waals surface area (Å²) in [6.45, 7) is 0.633. The molecule has 0 saturated carbocycles. The van der Waals surface area contributed by atoms with Gasteiger partial charge in [0, 0.05) is 23.5 Å². The molecule has 0 bridgehead atoms. The zero-order valence-corrected chi connectivity index (χ0v) is 19.9. The topological polar surface area (TPSA) is 79.5 Å². The summed E-state index contributed by atoms with van der Waals surface area (Å²) in [7, 11) is 0. The first kappa shape index (κ1) is 24.5. The maximum Gasteiger partial charge on any atom is 0.243 e. The van der Waals surface area contributed by atoms with Crippen molar-refractivity contribution in [1.82, 2.24) is 0 Å². The maximum atomic E-state index is 12.3. The van der Waals surface area contributed by atoms with Gasteiger partial charge in [-0.1, -0.05) is 60.7 Å². The molecular weight excluding hydrogens is 450 g/mol. The Morgan fingerprint density at radius 3 is 1.72 bits per heavy atom. The van der Waals surface area contributed by atoms with Crippen molar-refractivity contribution in [3.05, 3.63) is 120 Å². The Labute approximate surface area is 211 Å². The van der Waals surface area contributed by atoms with Gasteiger partial charge in [0.2, 0.25) is 11.8 Å². The first-order valence-electron chi connectivity index (χ1n) is 11.9. The molecule has 4 rings (SSSR count). The Morgan fingerprint density at radius 2 is 1.11 bits per heavy atom. The highest BCUT2D eigenvalue weighted by atomic mass is 16.5. The highest BCUT2D eigenvalue weighted by Crippen LogP contribution is 2.18. The number of hydrogen-bond donors (Lipinski definition) is 3. The van der Waals surface area contributed by atoms with E-state index >= 15 is 0 Å². The van der Waals surface area contributed by atoms with E-state index in [1.807, 2.05) is 84.9 Å². The number of ether oxygens (including phenoxy) is 1. The van der Waals surface area contributed by atoms with Crippen molar-refractivity contribution in [1.29, 1.82) is 0 Å². The molecular formula is C30H29N3O3. The molecule has 182 valence electrons. The summed E-state index contributed by atoms with van der Waals surface area (Å²) in [4.78, 5) is 24.5. The summed E-state index contributed by atoms with van der Waals surface area (Å²) in [6.07, 6.45) is 1.10. The molecule has 0 unspecified atom stereocenters. The second-order valence-electron chi connectivity index (χ2n) is 8.31. The largest absolute Gasteiger partial charge is 0.489 e. The molecule has 36 heavy (non-hydrogen) atoms. The normalized spacial score (nSPS) is 10.3. The number of carbonyl (C=O) groups excluding carboxylic acids is 2. The van der Waals surface area contributed by atoms with E-state index < -0.39 is 0 Å². The number of hydrogen-bond acceptors (Lipinski definition) is 4. The molecule has 0 heterocycles. The van der Waals surface area contributed by atoms with Gasteiger partial charge in [-0.15, -0.1) is 0 Å². The van der Waals surface area contributed by atoms with Crippen LogP contribution in [-0.4, -0.2) is 18.4 Å². The second-order valence-corrected chi connectivity index (χ2v) is 8.31. The van der Waals surface area contributed by atoms with Crippen LogP contribution in [0.1, 0.15) is 17.5 Å². The van der Waals surface area contributed by atoms with Gasteiger partial charge in [-0.25, -0.2) is 0 Å². The summed E-state index contributed by atoms with van der Waals surface area (Å²) in [5.41, 5.74) is 4.42. The lowest BCUT2D eigenvalue weighted by molar-refractivity contribution is -0.116. The monoisotopic (exact) mass is 479 g/mol. The minimum absolute atomic E-state index is 0.0451. The van der Waals surface area contributed by atoms with Gasteiger partial charge in [0.05, 0.1) is 6.54 Å².